The van der Waals surface area contributed by atoms with Crippen molar-refractivity contribution in [2.75, 3.05) is 0 Å². The normalized spacial score (nSPS) is 10.6. The molecule has 0 spiro atoms. The average molecular weight is 270 g/mol. The van der Waals surface area contributed by atoms with Gasteiger partial charge in [0.05, 0.1) is 7.05 Å². The zero-order chi connectivity index (χ0) is 13.6. The van der Waals surface area contributed by atoms with Gasteiger partial charge in [0.25, 0.3) is 0 Å². The Labute approximate surface area is 106 Å². The molecule has 0 radical (unpaired) electrons. The summed E-state index contributed by atoms with van der Waals surface area (Å²) in [7, 11) is -2.89. The summed E-state index contributed by atoms with van der Waals surface area (Å²) >= 11 is 0. The van der Waals surface area contributed by atoms with Crippen LogP contribution in [0.15, 0.2) is 49.1 Å². The summed E-state index contributed by atoms with van der Waals surface area (Å²) in [4.78, 5) is 0. The minimum atomic E-state index is -4.92. The fourth-order valence-electron chi connectivity index (χ4n) is 1.39. The Balaban J connectivity index is 0.000000280. The molecule has 0 bridgehead atoms. The van der Waals surface area contributed by atoms with Gasteiger partial charge in [0.1, 0.15) is 18.9 Å². The number of hydrogen-bond acceptors (Lipinski definition) is 3. The summed E-state index contributed by atoms with van der Waals surface area (Å²) in [5.41, 5.74) is 1.33. The third kappa shape index (κ3) is 6.79. The van der Waals surface area contributed by atoms with Gasteiger partial charge in [-0.15, -0.1) is 0 Å². The summed E-state index contributed by atoms with van der Waals surface area (Å²) in [5.74, 6) is 0. The molecular formula is C11H14N2O4S. The Bertz CT molecular complexity index is 570. The van der Waals surface area contributed by atoms with Crippen LogP contribution in [0.25, 0.3) is 0 Å². The summed E-state index contributed by atoms with van der Waals surface area (Å²) in [6.07, 6.45) is 6.20. The van der Waals surface area contributed by atoms with Gasteiger partial charge in [0.15, 0.2) is 0 Å². The molecule has 2 rings (SSSR count). The van der Waals surface area contributed by atoms with Gasteiger partial charge < -0.3 is 4.55 Å². The van der Waals surface area contributed by atoms with Crippen molar-refractivity contribution in [2.24, 2.45) is 7.05 Å². The Morgan fingerprint density at radius 1 is 1.33 bits per heavy atom. The van der Waals surface area contributed by atoms with Crippen LogP contribution in [0.3, 0.4) is 0 Å². The quantitative estimate of drug-likeness (QED) is 0.485. The van der Waals surface area contributed by atoms with E-state index in [-0.39, 0.29) is 0 Å². The SMILES string of the molecule is C[n+]1ccn(Cc2ccccc2)c1.O=S(=O)([O-])O. The number of benzene rings is 1. The first-order valence-electron chi connectivity index (χ1n) is 5.08. The smallest absolute Gasteiger partial charge is 0.243 e. The second-order valence-corrected chi connectivity index (χ2v) is 4.52. The molecular weight excluding hydrogens is 256 g/mol. The second-order valence-electron chi connectivity index (χ2n) is 3.66. The van der Waals surface area contributed by atoms with Gasteiger partial charge >= 0.3 is 0 Å². The number of aryl methyl sites for hydroxylation is 1. The molecule has 2 aromatic rings. The fourth-order valence-corrected chi connectivity index (χ4v) is 1.39. The van der Waals surface area contributed by atoms with Gasteiger partial charge in [-0.3, -0.25) is 4.55 Å². The molecule has 0 atom stereocenters. The van der Waals surface area contributed by atoms with Gasteiger partial charge in [-0.2, -0.15) is 0 Å². The zero-order valence-corrected chi connectivity index (χ0v) is 10.6. The van der Waals surface area contributed by atoms with Crippen molar-refractivity contribution in [2.45, 2.75) is 6.54 Å². The highest BCUT2D eigenvalue weighted by Crippen LogP contribution is 2.00. The topological polar surface area (TPSA) is 86.2 Å². The van der Waals surface area contributed by atoms with Crippen LogP contribution in [0, 0.1) is 0 Å². The highest BCUT2D eigenvalue weighted by Gasteiger charge is 1.99. The highest BCUT2D eigenvalue weighted by atomic mass is 32.3. The molecule has 1 aromatic heterocycles. The minimum Gasteiger partial charge on any atom is -0.726 e. The summed E-state index contributed by atoms with van der Waals surface area (Å²) in [6, 6.07) is 10.5. The summed E-state index contributed by atoms with van der Waals surface area (Å²) in [6.45, 7) is 0.946. The van der Waals surface area contributed by atoms with Crippen LogP contribution in [-0.2, 0) is 24.0 Å². The van der Waals surface area contributed by atoms with E-state index < -0.39 is 10.4 Å². The van der Waals surface area contributed by atoms with Gasteiger partial charge in [-0.25, -0.2) is 17.6 Å². The van der Waals surface area contributed by atoms with Crippen molar-refractivity contribution in [1.82, 2.24) is 4.57 Å². The summed E-state index contributed by atoms with van der Waals surface area (Å²) < 4.78 is 37.0. The number of imidazole rings is 1. The van der Waals surface area contributed by atoms with Crippen LogP contribution >= 0.6 is 0 Å². The molecule has 0 fully saturated rings. The van der Waals surface area contributed by atoms with E-state index in [4.69, 9.17) is 17.5 Å². The molecule has 0 aliphatic heterocycles. The van der Waals surface area contributed by atoms with Crippen LogP contribution in [0.2, 0.25) is 0 Å². The maximum Gasteiger partial charge on any atom is 0.243 e. The van der Waals surface area contributed by atoms with E-state index in [1.165, 1.54) is 5.56 Å². The Morgan fingerprint density at radius 3 is 2.33 bits per heavy atom. The molecule has 0 aliphatic carbocycles. The van der Waals surface area contributed by atoms with E-state index in [1.54, 1.807) is 0 Å². The zero-order valence-electron chi connectivity index (χ0n) is 9.80. The van der Waals surface area contributed by atoms with Crippen LogP contribution in [0.4, 0.5) is 0 Å². The monoisotopic (exact) mass is 270 g/mol. The highest BCUT2D eigenvalue weighted by molar-refractivity contribution is 7.79. The number of hydrogen-bond donors (Lipinski definition) is 1. The summed E-state index contributed by atoms with van der Waals surface area (Å²) in [5, 5.41) is 0. The fraction of sp³-hybridized carbons (Fsp3) is 0.182. The van der Waals surface area contributed by atoms with Crippen molar-refractivity contribution < 1.29 is 22.1 Å². The first-order chi connectivity index (χ1) is 8.34. The Kier molecular flexibility index (Phi) is 5.02. The molecule has 7 heteroatoms. The molecule has 98 valence electrons. The van der Waals surface area contributed by atoms with Crippen molar-refractivity contribution in [3.05, 3.63) is 54.6 Å². The average Bonchev–Trinajstić information content (AvgIpc) is 2.63. The maximum absolute atomic E-state index is 8.63. The number of nitrogens with zero attached hydrogens (tertiary/aromatic N) is 2. The molecule has 0 aliphatic rings. The molecule has 1 heterocycles. The first kappa shape index (κ1) is 14.4. The van der Waals surface area contributed by atoms with Crippen molar-refractivity contribution in [3.8, 4) is 0 Å². The lowest BCUT2D eigenvalue weighted by molar-refractivity contribution is -0.671. The molecule has 0 saturated heterocycles. The predicted octanol–water partition coefficient (Wildman–Crippen LogP) is 0.366. The molecule has 6 nitrogen and oxygen atoms in total. The van der Waals surface area contributed by atoms with E-state index in [0.717, 1.165) is 6.54 Å². The van der Waals surface area contributed by atoms with E-state index >= 15 is 0 Å². The molecule has 1 aromatic carbocycles. The van der Waals surface area contributed by atoms with E-state index in [1.807, 2.05) is 23.9 Å². The van der Waals surface area contributed by atoms with Crippen LogP contribution < -0.4 is 4.57 Å². The molecule has 0 amide bonds. The van der Waals surface area contributed by atoms with Crippen molar-refractivity contribution in [3.63, 3.8) is 0 Å². The molecule has 0 saturated carbocycles. The van der Waals surface area contributed by atoms with Gasteiger partial charge in [0, 0.05) is 0 Å². The van der Waals surface area contributed by atoms with Gasteiger partial charge in [-0.05, 0) is 5.56 Å². The van der Waals surface area contributed by atoms with E-state index in [9.17, 15) is 0 Å². The van der Waals surface area contributed by atoms with Gasteiger partial charge in [-0.1, -0.05) is 30.3 Å². The Morgan fingerprint density at radius 2 is 1.89 bits per heavy atom. The van der Waals surface area contributed by atoms with E-state index in [0.29, 0.717) is 0 Å². The standard InChI is InChI=1S/C11H13N2.H2O4S/c1-12-7-8-13(10-12)9-11-5-3-2-4-6-11;1-5(2,3)4/h2-8,10H,9H2,1H3;(H2,1,2,3,4)/q+1;/p-1. The lowest BCUT2D eigenvalue weighted by Gasteiger charge is -1.95. The molecule has 18 heavy (non-hydrogen) atoms. The van der Waals surface area contributed by atoms with E-state index in [2.05, 4.69) is 41.4 Å². The number of rotatable bonds is 2. The predicted molar refractivity (Wildman–Crippen MR) is 63.5 cm³/mol. The largest absolute Gasteiger partial charge is 0.726 e. The Hall–Kier alpha value is -1.70. The van der Waals surface area contributed by atoms with Crippen LogP contribution in [0.5, 0.6) is 0 Å². The minimum absolute atomic E-state index is 0.946. The van der Waals surface area contributed by atoms with Gasteiger partial charge in [0.2, 0.25) is 16.7 Å². The van der Waals surface area contributed by atoms with Crippen LogP contribution in [-0.4, -0.2) is 22.1 Å². The molecule has 1 N–H and O–H groups in total. The molecule has 0 unspecified atom stereocenters. The second kappa shape index (κ2) is 6.29. The van der Waals surface area contributed by atoms with Crippen molar-refractivity contribution >= 4 is 10.4 Å². The van der Waals surface area contributed by atoms with Crippen LogP contribution in [0.1, 0.15) is 5.56 Å². The lowest BCUT2D eigenvalue weighted by Crippen LogP contribution is -2.23. The lowest BCUT2D eigenvalue weighted by atomic mass is 10.2. The third-order valence-corrected chi connectivity index (χ3v) is 2.03. The maximum atomic E-state index is 8.63. The number of aromatic nitrogens is 2. The first-order valence-corrected chi connectivity index (χ1v) is 6.44. The third-order valence-electron chi connectivity index (χ3n) is 2.03. The van der Waals surface area contributed by atoms with Crippen molar-refractivity contribution in [1.29, 1.82) is 0 Å².